The number of rotatable bonds is 3. The summed E-state index contributed by atoms with van der Waals surface area (Å²) in [5, 5.41) is 7.78. The van der Waals surface area contributed by atoms with Crippen molar-refractivity contribution in [3.8, 4) is 5.69 Å². The lowest BCUT2D eigenvalue weighted by atomic mass is 10.0. The molecule has 140 valence electrons. The second kappa shape index (κ2) is 7.32. The van der Waals surface area contributed by atoms with Gasteiger partial charge in [0, 0.05) is 32.1 Å². The number of nitrogens with one attached hydrogen (secondary N) is 1. The van der Waals surface area contributed by atoms with Crippen LogP contribution in [0.1, 0.15) is 36.2 Å². The number of likely N-dealkylation sites (tertiary alicyclic amines) is 1. The Kier molecular flexibility index (Phi) is 5.29. The van der Waals surface area contributed by atoms with E-state index >= 15 is 0 Å². The van der Waals surface area contributed by atoms with E-state index in [0.717, 1.165) is 26.2 Å². The van der Waals surface area contributed by atoms with E-state index in [0.29, 0.717) is 23.3 Å². The average Bonchev–Trinajstić information content (AvgIpc) is 3.28. The molecule has 3 heterocycles. The van der Waals surface area contributed by atoms with Gasteiger partial charge in [-0.25, -0.2) is 14.1 Å². The summed E-state index contributed by atoms with van der Waals surface area (Å²) in [4.78, 5) is 19.2. The molecule has 2 aliphatic heterocycles. The van der Waals surface area contributed by atoms with E-state index in [1.165, 1.54) is 12.1 Å². The third kappa shape index (κ3) is 3.33. The Labute approximate surface area is 158 Å². The van der Waals surface area contributed by atoms with Gasteiger partial charge in [-0.05, 0) is 30.0 Å². The van der Waals surface area contributed by atoms with Gasteiger partial charge in [0.2, 0.25) is 5.82 Å². The average molecular weight is 380 g/mol. The van der Waals surface area contributed by atoms with E-state index < -0.39 is 0 Å². The molecular weight excluding hydrogens is 357 g/mol. The van der Waals surface area contributed by atoms with E-state index in [-0.39, 0.29) is 35.9 Å². The summed E-state index contributed by atoms with van der Waals surface area (Å²) in [5.74, 6) is 1.51. The Morgan fingerprint density at radius 3 is 2.58 bits per heavy atom. The highest BCUT2D eigenvalue weighted by Gasteiger charge is 2.39. The minimum atomic E-state index is -0.338. The van der Waals surface area contributed by atoms with Crippen molar-refractivity contribution < 1.29 is 9.18 Å². The van der Waals surface area contributed by atoms with Crippen molar-refractivity contribution in [3.63, 3.8) is 0 Å². The fourth-order valence-electron chi connectivity index (χ4n) is 3.75. The zero-order chi connectivity index (χ0) is 17.6. The molecule has 26 heavy (non-hydrogen) atoms. The van der Waals surface area contributed by atoms with Crippen LogP contribution >= 0.6 is 12.4 Å². The number of nitrogens with zero attached hydrogens (tertiary/aromatic N) is 4. The largest absolute Gasteiger partial charge is 0.335 e. The van der Waals surface area contributed by atoms with Gasteiger partial charge in [-0.15, -0.1) is 17.5 Å². The molecule has 0 spiro atoms. The molecule has 2 saturated heterocycles. The molecule has 2 atom stereocenters. The van der Waals surface area contributed by atoms with Gasteiger partial charge in [0.05, 0.1) is 5.69 Å². The first-order valence-electron chi connectivity index (χ1n) is 8.76. The number of aromatic nitrogens is 3. The van der Waals surface area contributed by atoms with E-state index in [9.17, 15) is 9.18 Å². The Bertz CT molecular complexity index is 797. The number of carbonyl (C=O) groups is 1. The van der Waals surface area contributed by atoms with Gasteiger partial charge in [-0.3, -0.25) is 4.79 Å². The summed E-state index contributed by atoms with van der Waals surface area (Å²) in [6.45, 7) is 7.41. The van der Waals surface area contributed by atoms with Crippen LogP contribution in [0, 0.1) is 17.7 Å². The Morgan fingerprint density at radius 1 is 1.27 bits per heavy atom. The maximum Gasteiger partial charge on any atom is 0.293 e. The summed E-state index contributed by atoms with van der Waals surface area (Å²) < 4.78 is 15.2. The monoisotopic (exact) mass is 379 g/mol. The molecule has 1 aromatic heterocycles. The molecule has 1 aromatic carbocycles. The van der Waals surface area contributed by atoms with Crippen LogP contribution in [0.2, 0.25) is 0 Å². The van der Waals surface area contributed by atoms with Gasteiger partial charge < -0.3 is 10.2 Å². The van der Waals surface area contributed by atoms with E-state index in [2.05, 4.69) is 15.4 Å². The maximum absolute atomic E-state index is 13.6. The summed E-state index contributed by atoms with van der Waals surface area (Å²) >= 11 is 0. The third-order valence-corrected chi connectivity index (χ3v) is 5.07. The van der Waals surface area contributed by atoms with Crippen molar-refractivity contribution in [2.75, 3.05) is 26.2 Å². The maximum atomic E-state index is 13.6. The number of hydrogen-bond acceptors (Lipinski definition) is 4. The van der Waals surface area contributed by atoms with E-state index in [4.69, 9.17) is 0 Å². The molecule has 0 saturated carbocycles. The zero-order valence-electron chi connectivity index (χ0n) is 14.9. The molecule has 0 radical (unpaired) electrons. The van der Waals surface area contributed by atoms with Crippen LogP contribution in [0.4, 0.5) is 4.39 Å². The highest BCUT2D eigenvalue weighted by molar-refractivity contribution is 5.90. The standard InChI is InChI=1S/C18H22FN5O.ClH/c1-11(2)17-21-16(22-24(17)15-5-3-4-14(19)6-15)18(25)23-9-12-7-20-8-13(12)10-23;/h3-6,11-13,20H,7-10H2,1-2H3;1H/t12-,13+;. The Hall–Kier alpha value is -1.99. The van der Waals surface area contributed by atoms with Crippen molar-refractivity contribution in [1.29, 1.82) is 0 Å². The first-order chi connectivity index (χ1) is 12.0. The van der Waals surface area contributed by atoms with Crippen molar-refractivity contribution in [2.45, 2.75) is 19.8 Å². The SMILES string of the molecule is CC(C)c1nc(C(=O)N2C[C@H]3CNC[C@H]3C2)nn1-c1cccc(F)c1.Cl. The molecule has 0 aliphatic carbocycles. The lowest BCUT2D eigenvalue weighted by molar-refractivity contribution is 0.0769. The third-order valence-electron chi connectivity index (χ3n) is 5.07. The number of halogens is 2. The van der Waals surface area contributed by atoms with Crippen LogP contribution in [-0.4, -0.2) is 51.8 Å². The van der Waals surface area contributed by atoms with Gasteiger partial charge in [0.15, 0.2) is 0 Å². The predicted octanol–water partition coefficient (Wildman–Crippen LogP) is 2.24. The normalized spacial score (nSPS) is 21.8. The molecule has 4 rings (SSSR count). The van der Waals surface area contributed by atoms with Gasteiger partial charge >= 0.3 is 0 Å². The van der Waals surface area contributed by atoms with Gasteiger partial charge in [0.25, 0.3) is 5.91 Å². The topological polar surface area (TPSA) is 63.1 Å². The zero-order valence-corrected chi connectivity index (χ0v) is 15.7. The second-order valence-electron chi connectivity index (χ2n) is 7.23. The summed E-state index contributed by atoms with van der Waals surface area (Å²) in [5.41, 5.74) is 0.581. The lowest BCUT2D eigenvalue weighted by Crippen LogP contribution is -2.32. The van der Waals surface area contributed by atoms with E-state index in [1.807, 2.05) is 18.7 Å². The highest BCUT2D eigenvalue weighted by atomic mass is 35.5. The molecule has 0 bridgehead atoms. The van der Waals surface area contributed by atoms with Crippen LogP contribution in [0.5, 0.6) is 0 Å². The Morgan fingerprint density at radius 2 is 1.96 bits per heavy atom. The molecule has 1 N–H and O–H groups in total. The Balaban J connectivity index is 0.00000196. The molecule has 0 unspecified atom stereocenters. The minimum absolute atomic E-state index is 0. The molecule has 8 heteroatoms. The fourth-order valence-corrected chi connectivity index (χ4v) is 3.75. The number of benzene rings is 1. The van der Waals surface area contributed by atoms with Crippen LogP contribution in [-0.2, 0) is 0 Å². The molecule has 2 aliphatic rings. The van der Waals surface area contributed by atoms with Crippen molar-refractivity contribution >= 4 is 18.3 Å². The van der Waals surface area contributed by atoms with Gasteiger partial charge in [-0.1, -0.05) is 19.9 Å². The first kappa shape index (κ1) is 18.8. The van der Waals surface area contributed by atoms with Crippen molar-refractivity contribution in [2.24, 2.45) is 11.8 Å². The number of fused-ring (bicyclic) bond motifs is 1. The predicted molar refractivity (Wildman–Crippen MR) is 98.4 cm³/mol. The summed E-state index contributed by atoms with van der Waals surface area (Å²) in [6.07, 6.45) is 0. The van der Waals surface area contributed by atoms with Crippen molar-refractivity contribution in [3.05, 3.63) is 41.7 Å². The fraction of sp³-hybridized carbons (Fsp3) is 0.500. The summed E-state index contributed by atoms with van der Waals surface area (Å²) in [6, 6.07) is 6.19. The number of carbonyl (C=O) groups excluding carboxylic acids is 1. The first-order valence-corrected chi connectivity index (χ1v) is 8.76. The molecular formula is C18H23ClFN5O. The van der Waals surface area contributed by atoms with Gasteiger partial charge in [-0.2, -0.15) is 0 Å². The van der Waals surface area contributed by atoms with Gasteiger partial charge in [0.1, 0.15) is 11.6 Å². The smallest absolute Gasteiger partial charge is 0.293 e. The molecule has 6 nitrogen and oxygen atoms in total. The number of hydrogen-bond donors (Lipinski definition) is 1. The molecule has 2 fully saturated rings. The van der Waals surface area contributed by atoms with Crippen LogP contribution in [0.3, 0.4) is 0 Å². The number of amides is 1. The quantitative estimate of drug-likeness (QED) is 0.888. The lowest BCUT2D eigenvalue weighted by Gasteiger charge is -2.15. The molecule has 2 aromatic rings. The summed E-state index contributed by atoms with van der Waals surface area (Å²) in [7, 11) is 0. The van der Waals surface area contributed by atoms with E-state index in [1.54, 1.807) is 16.8 Å². The second-order valence-corrected chi connectivity index (χ2v) is 7.23. The van der Waals surface area contributed by atoms with Crippen LogP contribution < -0.4 is 5.32 Å². The van der Waals surface area contributed by atoms with Crippen LogP contribution in [0.25, 0.3) is 5.69 Å². The molecule has 1 amide bonds. The van der Waals surface area contributed by atoms with Crippen LogP contribution in [0.15, 0.2) is 24.3 Å². The van der Waals surface area contributed by atoms with Crippen molar-refractivity contribution in [1.82, 2.24) is 25.0 Å². The highest BCUT2D eigenvalue weighted by Crippen LogP contribution is 2.27. The minimum Gasteiger partial charge on any atom is -0.335 e.